The molecule has 3 saturated heterocycles. The van der Waals surface area contributed by atoms with Crippen molar-refractivity contribution in [3.8, 4) is 0 Å². The average molecular weight is 424 g/mol. The highest BCUT2D eigenvalue weighted by molar-refractivity contribution is 6.01. The Labute approximate surface area is 184 Å². The molecule has 0 saturated carbocycles. The van der Waals surface area contributed by atoms with Crippen molar-refractivity contribution in [2.75, 3.05) is 19.6 Å². The Morgan fingerprint density at radius 2 is 1.97 bits per heavy atom. The van der Waals surface area contributed by atoms with E-state index >= 15 is 0 Å². The standard InChI is InChI=1S/C25H33N3O3/c1-3-16(2)23(28-15-18-7-4-5-8-20(18)24(28)30)25(31)26-12-17-11-19(14-26)21-9-6-10-22(29)27(21)13-17/h4-5,7-8,16-17,19,21,23H,3,6,9-15H2,1-2H3/t16-,17+,19-,21+,23-/m0/s1. The summed E-state index contributed by atoms with van der Waals surface area (Å²) in [5, 5.41) is 0. The first-order chi connectivity index (χ1) is 15.0. The molecule has 4 aliphatic rings. The number of amides is 3. The van der Waals surface area contributed by atoms with Gasteiger partial charge in [-0.1, -0.05) is 38.5 Å². The normalized spacial score (nSPS) is 29.5. The lowest BCUT2D eigenvalue weighted by atomic mass is 9.75. The maximum atomic E-state index is 13.9. The van der Waals surface area contributed by atoms with Crippen molar-refractivity contribution >= 4 is 17.7 Å². The number of carbonyl (C=O) groups excluding carboxylic acids is 3. The van der Waals surface area contributed by atoms with E-state index in [2.05, 4.69) is 18.7 Å². The predicted octanol–water partition coefficient (Wildman–Crippen LogP) is 2.92. The van der Waals surface area contributed by atoms with Crippen LogP contribution in [0.3, 0.4) is 0 Å². The van der Waals surface area contributed by atoms with Crippen molar-refractivity contribution in [1.29, 1.82) is 0 Å². The second kappa shape index (κ2) is 7.95. The number of hydrogen-bond donors (Lipinski definition) is 0. The second-order valence-electron chi connectivity index (χ2n) is 10.0. The van der Waals surface area contributed by atoms with Gasteiger partial charge in [0.15, 0.2) is 0 Å². The van der Waals surface area contributed by atoms with Crippen molar-refractivity contribution in [2.24, 2.45) is 17.8 Å². The quantitative estimate of drug-likeness (QED) is 0.748. The van der Waals surface area contributed by atoms with Gasteiger partial charge in [0.25, 0.3) is 5.91 Å². The van der Waals surface area contributed by atoms with Crippen LogP contribution >= 0.6 is 0 Å². The minimum atomic E-state index is -0.423. The molecular weight excluding hydrogens is 390 g/mol. The van der Waals surface area contributed by atoms with Crippen LogP contribution in [0.25, 0.3) is 0 Å². The molecule has 1 aromatic carbocycles. The van der Waals surface area contributed by atoms with E-state index in [0.717, 1.165) is 43.4 Å². The number of nitrogens with zero attached hydrogens (tertiary/aromatic N) is 3. The summed E-state index contributed by atoms with van der Waals surface area (Å²) in [5.74, 6) is 1.19. The molecule has 1 aromatic rings. The Kier molecular flexibility index (Phi) is 5.27. The number of carbonyl (C=O) groups is 3. The number of hydrogen-bond acceptors (Lipinski definition) is 3. The van der Waals surface area contributed by atoms with E-state index in [1.54, 1.807) is 0 Å². The van der Waals surface area contributed by atoms with E-state index in [-0.39, 0.29) is 23.8 Å². The monoisotopic (exact) mass is 423 g/mol. The third kappa shape index (κ3) is 3.44. The molecular formula is C25H33N3O3. The van der Waals surface area contributed by atoms with E-state index < -0.39 is 6.04 Å². The Balaban J connectivity index is 1.37. The average Bonchev–Trinajstić information content (AvgIpc) is 3.10. The van der Waals surface area contributed by atoms with Gasteiger partial charge in [-0.25, -0.2) is 0 Å². The predicted molar refractivity (Wildman–Crippen MR) is 117 cm³/mol. The summed E-state index contributed by atoms with van der Waals surface area (Å²) >= 11 is 0. The third-order valence-corrected chi connectivity index (χ3v) is 8.11. The topological polar surface area (TPSA) is 60.9 Å². The molecule has 31 heavy (non-hydrogen) atoms. The van der Waals surface area contributed by atoms with Gasteiger partial charge in [0.05, 0.1) is 0 Å². The van der Waals surface area contributed by atoms with E-state index in [4.69, 9.17) is 0 Å². The molecule has 3 fully saturated rings. The summed E-state index contributed by atoms with van der Waals surface area (Å²) < 4.78 is 0. The van der Waals surface area contributed by atoms with Crippen LogP contribution in [0.1, 0.15) is 61.9 Å². The molecule has 5 rings (SSSR count). The molecule has 166 valence electrons. The minimum Gasteiger partial charge on any atom is -0.340 e. The Morgan fingerprint density at radius 1 is 1.16 bits per heavy atom. The summed E-state index contributed by atoms with van der Waals surface area (Å²) in [6, 6.07) is 7.57. The lowest BCUT2D eigenvalue weighted by Gasteiger charge is -2.53. The molecule has 0 aliphatic carbocycles. The summed E-state index contributed by atoms with van der Waals surface area (Å²) in [4.78, 5) is 45.4. The molecule has 0 N–H and O–H groups in total. The largest absolute Gasteiger partial charge is 0.340 e. The van der Waals surface area contributed by atoms with Gasteiger partial charge in [-0.2, -0.15) is 0 Å². The van der Waals surface area contributed by atoms with Crippen LogP contribution in [-0.4, -0.2) is 64.1 Å². The first-order valence-electron chi connectivity index (χ1n) is 11.9. The molecule has 4 heterocycles. The first kappa shape index (κ1) is 20.5. The fraction of sp³-hybridized carbons (Fsp3) is 0.640. The van der Waals surface area contributed by atoms with E-state index in [0.29, 0.717) is 43.8 Å². The minimum absolute atomic E-state index is 0.0181. The van der Waals surface area contributed by atoms with Crippen LogP contribution in [0.2, 0.25) is 0 Å². The highest BCUT2D eigenvalue weighted by Crippen LogP contribution is 2.39. The maximum Gasteiger partial charge on any atom is 0.255 e. The lowest BCUT2D eigenvalue weighted by Crippen LogP contribution is -2.63. The Bertz CT molecular complexity index is 900. The van der Waals surface area contributed by atoms with Crippen molar-refractivity contribution in [2.45, 2.75) is 64.6 Å². The van der Waals surface area contributed by atoms with Crippen LogP contribution in [0.15, 0.2) is 24.3 Å². The number of piperidine rings is 3. The fourth-order valence-corrected chi connectivity index (χ4v) is 6.39. The van der Waals surface area contributed by atoms with Crippen molar-refractivity contribution in [1.82, 2.24) is 14.7 Å². The Hall–Kier alpha value is -2.37. The summed E-state index contributed by atoms with van der Waals surface area (Å²) in [7, 11) is 0. The zero-order valence-corrected chi connectivity index (χ0v) is 18.6. The summed E-state index contributed by atoms with van der Waals surface area (Å²) in [5.41, 5.74) is 1.75. The third-order valence-electron chi connectivity index (χ3n) is 8.11. The van der Waals surface area contributed by atoms with E-state index in [1.807, 2.05) is 34.1 Å². The maximum absolute atomic E-state index is 13.9. The Morgan fingerprint density at radius 3 is 2.74 bits per heavy atom. The van der Waals surface area contributed by atoms with Crippen molar-refractivity contribution in [3.63, 3.8) is 0 Å². The van der Waals surface area contributed by atoms with Gasteiger partial charge in [-0.3, -0.25) is 14.4 Å². The SMILES string of the molecule is CC[C@H](C)[C@@H](C(=O)N1C[C@H]2C[C@@H](C1)[C@H]1CCCC(=O)N1C2)N1Cc2ccccc2C1=O. The van der Waals surface area contributed by atoms with Crippen molar-refractivity contribution < 1.29 is 14.4 Å². The number of likely N-dealkylation sites (tertiary alicyclic amines) is 1. The smallest absolute Gasteiger partial charge is 0.255 e. The van der Waals surface area contributed by atoms with E-state index in [1.165, 1.54) is 0 Å². The van der Waals surface area contributed by atoms with Crippen molar-refractivity contribution in [3.05, 3.63) is 35.4 Å². The van der Waals surface area contributed by atoms with Crippen LogP contribution in [-0.2, 0) is 16.1 Å². The highest BCUT2D eigenvalue weighted by Gasteiger charge is 2.47. The molecule has 0 radical (unpaired) electrons. The van der Waals surface area contributed by atoms with Crippen LogP contribution in [0.4, 0.5) is 0 Å². The van der Waals surface area contributed by atoms with Gasteiger partial charge in [-0.05, 0) is 48.6 Å². The van der Waals surface area contributed by atoms with E-state index in [9.17, 15) is 14.4 Å². The van der Waals surface area contributed by atoms with Gasteiger partial charge in [-0.15, -0.1) is 0 Å². The van der Waals surface area contributed by atoms with Gasteiger partial charge < -0.3 is 14.7 Å². The zero-order valence-electron chi connectivity index (χ0n) is 18.6. The number of fused-ring (bicyclic) bond motifs is 5. The lowest BCUT2D eigenvalue weighted by molar-refractivity contribution is -0.151. The summed E-state index contributed by atoms with van der Waals surface area (Å²) in [6.45, 7) is 6.90. The highest BCUT2D eigenvalue weighted by atomic mass is 16.2. The van der Waals surface area contributed by atoms with Crippen LogP contribution in [0, 0.1) is 17.8 Å². The fourth-order valence-electron chi connectivity index (χ4n) is 6.39. The first-order valence-corrected chi connectivity index (χ1v) is 11.9. The molecule has 3 amide bonds. The van der Waals surface area contributed by atoms with Gasteiger partial charge in [0.2, 0.25) is 11.8 Å². The molecule has 0 spiro atoms. The molecule has 6 nitrogen and oxygen atoms in total. The number of benzene rings is 1. The second-order valence-corrected chi connectivity index (χ2v) is 10.0. The van der Waals surface area contributed by atoms with Gasteiger partial charge >= 0.3 is 0 Å². The molecule has 6 heteroatoms. The van der Waals surface area contributed by atoms with Gasteiger partial charge in [0, 0.05) is 44.2 Å². The molecule has 0 unspecified atom stereocenters. The summed E-state index contributed by atoms with van der Waals surface area (Å²) in [6.07, 6.45) is 4.65. The molecule has 2 bridgehead atoms. The molecule has 0 aromatic heterocycles. The zero-order chi connectivity index (χ0) is 21.7. The molecule has 4 aliphatic heterocycles. The van der Waals surface area contributed by atoms with Gasteiger partial charge in [0.1, 0.15) is 6.04 Å². The molecule has 5 atom stereocenters. The van der Waals surface area contributed by atoms with Crippen LogP contribution < -0.4 is 0 Å². The van der Waals surface area contributed by atoms with Crippen LogP contribution in [0.5, 0.6) is 0 Å². The number of rotatable bonds is 4.